The van der Waals surface area contributed by atoms with Crippen molar-refractivity contribution in [1.29, 1.82) is 0 Å². The van der Waals surface area contributed by atoms with Crippen LogP contribution in [0.25, 0.3) is 0 Å². The molecule has 0 amide bonds. The van der Waals surface area contributed by atoms with Gasteiger partial charge in [-0.15, -0.1) is 11.3 Å². The molecular weight excluding hydrogens is 194 g/mol. The molecule has 0 spiro atoms. The Hall–Kier alpha value is -0.380. The molecule has 0 fully saturated rings. The van der Waals surface area contributed by atoms with Gasteiger partial charge in [0, 0.05) is 16.3 Å². The number of hydrogen-bond donors (Lipinski definition) is 1. The van der Waals surface area contributed by atoms with Gasteiger partial charge in [-0.3, -0.25) is 0 Å². The van der Waals surface area contributed by atoms with Crippen LogP contribution in [0.1, 0.15) is 23.6 Å². The lowest BCUT2D eigenvalue weighted by atomic mass is 10.3. The van der Waals surface area contributed by atoms with Crippen molar-refractivity contribution in [3.63, 3.8) is 0 Å². The molecule has 80 valence electrons. The van der Waals surface area contributed by atoms with Gasteiger partial charge >= 0.3 is 0 Å². The van der Waals surface area contributed by atoms with Crippen LogP contribution < -0.4 is 5.32 Å². The Labute approximate surface area is 90.3 Å². The van der Waals surface area contributed by atoms with Crippen LogP contribution in [0.2, 0.25) is 0 Å². The van der Waals surface area contributed by atoms with Crippen LogP contribution in [0.3, 0.4) is 0 Å². The van der Waals surface area contributed by atoms with Crippen LogP contribution in [0.15, 0.2) is 12.1 Å². The van der Waals surface area contributed by atoms with Gasteiger partial charge < -0.3 is 10.1 Å². The van der Waals surface area contributed by atoms with Crippen LogP contribution in [-0.2, 0) is 17.8 Å². The summed E-state index contributed by atoms with van der Waals surface area (Å²) in [5.74, 6) is 0. The molecule has 1 N–H and O–H groups in total. The first kappa shape index (κ1) is 11.7. The molecule has 0 saturated heterocycles. The minimum Gasteiger partial charge on any atom is -0.372 e. The van der Waals surface area contributed by atoms with Gasteiger partial charge in [-0.25, -0.2) is 0 Å². The Morgan fingerprint density at radius 1 is 1.43 bits per heavy atom. The SMILES string of the molecule is CCc1ccc(COC(C)CNC)s1. The van der Waals surface area contributed by atoms with Gasteiger partial charge in [0.05, 0.1) is 12.7 Å². The van der Waals surface area contributed by atoms with Crippen molar-refractivity contribution < 1.29 is 4.74 Å². The molecule has 0 radical (unpaired) electrons. The molecule has 1 aromatic rings. The Morgan fingerprint density at radius 3 is 2.71 bits per heavy atom. The number of likely N-dealkylation sites (N-methyl/N-ethyl adjacent to an activating group) is 1. The quantitative estimate of drug-likeness (QED) is 0.783. The summed E-state index contributed by atoms with van der Waals surface area (Å²) < 4.78 is 5.67. The molecule has 14 heavy (non-hydrogen) atoms. The van der Waals surface area contributed by atoms with E-state index < -0.39 is 0 Å². The van der Waals surface area contributed by atoms with E-state index in [2.05, 4.69) is 31.3 Å². The standard InChI is InChI=1S/C11H19NOS/c1-4-10-5-6-11(14-10)8-13-9(2)7-12-3/h5-6,9,12H,4,7-8H2,1-3H3. The second-order valence-electron chi connectivity index (χ2n) is 3.40. The van der Waals surface area contributed by atoms with E-state index in [1.165, 1.54) is 9.75 Å². The topological polar surface area (TPSA) is 21.3 Å². The second-order valence-corrected chi connectivity index (χ2v) is 4.65. The Morgan fingerprint density at radius 2 is 2.14 bits per heavy atom. The summed E-state index contributed by atoms with van der Waals surface area (Å²) in [5.41, 5.74) is 0. The average molecular weight is 213 g/mol. The maximum Gasteiger partial charge on any atom is 0.0813 e. The Bertz CT molecular complexity index is 260. The fraction of sp³-hybridized carbons (Fsp3) is 0.636. The normalized spacial score (nSPS) is 13.1. The largest absolute Gasteiger partial charge is 0.372 e. The predicted octanol–water partition coefficient (Wildman–Crippen LogP) is 2.44. The maximum atomic E-state index is 5.67. The van der Waals surface area contributed by atoms with Gasteiger partial charge in [0.2, 0.25) is 0 Å². The second kappa shape index (κ2) is 6.17. The molecule has 3 heteroatoms. The number of nitrogens with one attached hydrogen (secondary N) is 1. The summed E-state index contributed by atoms with van der Waals surface area (Å²) >= 11 is 1.85. The van der Waals surface area contributed by atoms with E-state index in [1.807, 2.05) is 18.4 Å². The van der Waals surface area contributed by atoms with E-state index in [-0.39, 0.29) is 6.10 Å². The molecule has 0 bridgehead atoms. The monoisotopic (exact) mass is 213 g/mol. The van der Waals surface area contributed by atoms with E-state index in [0.29, 0.717) is 0 Å². The third-order valence-corrected chi connectivity index (χ3v) is 3.27. The summed E-state index contributed by atoms with van der Waals surface area (Å²) in [6.07, 6.45) is 1.41. The molecule has 0 aliphatic carbocycles. The molecule has 1 aromatic heterocycles. The lowest BCUT2D eigenvalue weighted by Gasteiger charge is -2.10. The van der Waals surface area contributed by atoms with Gasteiger partial charge in [0.15, 0.2) is 0 Å². The van der Waals surface area contributed by atoms with Crippen molar-refractivity contribution in [3.8, 4) is 0 Å². The van der Waals surface area contributed by atoms with Crippen LogP contribution in [0, 0.1) is 0 Å². The molecule has 0 aromatic carbocycles. The molecular formula is C11H19NOS. The number of rotatable bonds is 6. The highest BCUT2D eigenvalue weighted by Gasteiger charge is 2.02. The minimum absolute atomic E-state index is 0.284. The minimum atomic E-state index is 0.284. The zero-order valence-corrected chi connectivity index (χ0v) is 9.99. The first-order valence-corrected chi connectivity index (χ1v) is 5.91. The summed E-state index contributed by atoms with van der Waals surface area (Å²) in [6.45, 7) is 5.92. The Balaban J connectivity index is 2.30. The molecule has 1 heterocycles. The predicted molar refractivity (Wildman–Crippen MR) is 61.9 cm³/mol. The van der Waals surface area contributed by atoms with E-state index in [4.69, 9.17) is 4.74 Å². The van der Waals surface area contributed by atoms with Gasteiger partial charge in [0.25, 0.3) is 0 Å². The van der Waals surface area contributed by atoms with Crippen LogP contribution in [0.5, 0.6) is 0 Å². The summed E-state index contributed by atoms with van der Waals surface area (Å²) in [4.78, 5) is 2.76. The van der Waals surface area contributed by atoms with Crippen molar-refractivity contribution in [2.75, 3.05) is 13.6 Å². The zero-order valence-electron chi connectivity index (χ0n) is 9.17. The third kappa shape index (κ3) is 3.78. The lowest BCUT2D eigenvalue weighted by molar-refractivity contribution is 0.0561. The molecule has 0 saturated carbocycles. The van der Waals surface area contributed by atoms with Crippen LogP contribution in [0.4, 0.5) is 0 Å². The van der Waals surface area contributed by atoms with Crippen LogP contribution >= 0.6 is 11.3 Å². The van der Waals surface area contributed by atoms with Crippen molar-refractivity contribution in [1.82, 2.24) is 5.32 Å². The van der Waals surface area contributed by atoms with Gasteiger partial charge in [-0.05, 0) is 32.5 Å². The molecule has 1 rings (SSSR count). The molecule has 1 atom stereocenters. The van der Waals surface area contributed by atoms with E-state index in [1.54, 1.807) is 0 Å². The zero-order chi connectivity index (χ0) is 10.4. The first-order valence-electron chi connectivity index (χ1n) is 5.10. The number of hydrogen-bond acceptors (Lipinski definition) is 3. The highest BCUT2D eigenvalue weighted by atomic mass is 32.1. The summed E-state index contributed by atoms with van der Waals surface area (Å²) in [5, 5.41) is 3.10. The maximum absolute atomic E-state index is 5.67. The molecule has 2 nitrogen and oxygen atoms in total. The third-order valence-electron chi connectivity index (χ3n) is 2.07. The molecule has 1 unspecified atom stereocenters. The summed E-state index contributed by atoms with van der Waals surface area (Å²) in [6, 6.07) is 4.35. The lowest BCUT2D eigenvalue weighted by Crippen LogP contribution is -2.23. The van der Waals surface area contributed by atoms with Gasteiger partial charge in [-0.1, -0.05) is 6.92 Å². The van der Waals surface area contributed by atoms with Crippen molar-refractivity contribution in [2.24, 2.45) is 0 Å². The highest BCUT2D eigenvalue weighted by molar-refractivity contribution is 7.11. The van der Waals surface area contributed by atoms with Crippen molar-refractivity contribution >= 4 is 11.3 Å². The molecule has 0 aliphatic rings. The molecule has 0 aliphatic heterocycles. The van der Waals surface area contributed by atoms with E-state index in [0.717, 1.165) is 19.6 Å². The smallest absolute Gasteiger partial charge is 0.0813 e. The fourth-order valence-corrected chi connectivity index (χ4v) is 2.14. The highest BCUT2D eigenvalue weighted by Crippen LogP contribution is 2.18. The Kier molecular flexibility index (Phi) is 5.15. The number of ether oxygens (including phenoxy) is 1. The van der Waals surface area contributed by atoms with Gasteiger partial charge in [-0.2, -0.15) is 0 Å². The van der Waals surface area contributed by atoms with Crippen molar-refractivity contribution in [3.05, 3.63) is 21.9 Å². The van der Waals surface area contributed by atoms with Gasteiger partial charge in [0.1, 0.15) is 0 Å². The van der Waals surface area contributed by atoms with E-state index >= 15 is 0 Å². The van der Waals surface area contributed by atoms with Crippen molar-refractivity contribution in [2.45, 2.75) is 33.0 Å². The van der Waals surface area contributed by atoms with E-state index in [9.17, 15) is 0 Å². The average Bonchev–Trinajstić information content (AvgIpc) is 2.63. The summed E-state index contributed by atoms with van der Waals surface area (Å²) in [7, 11) is 1.94. The first-order chi connectivity index (χ1) is 6.76. The fourth-order valence-electron chi connectivity index (χ4n) is 1.26. The number of aryl methyl sites for hydroxylation is 1. The number of thiophene rings is 1. The van der Waals surface area contributed by atoms with Crippen LogP contribution in [-0.4, -0.2) is 19.7 Å².